The molecule has 1 aliphatic heterocycles. The highest BCUT2D eigenvalue weighted by atomic mass is 32.2. The Labute approximate surface area is 105 Å². The van der Waals surface area contributed by atoms with Gasteiger partial charge in [0.1, 0.15) is 5.82 Å². The number of ketones is 1. The van der Waals surface area contributed by atoms with E-state index >= 15 is 0 Å². The Balaban J connectivity index is 2.22. The monoisotopic (exact) mass is 253 g/mol. The first kappa shape index (κ1) is 12.4. The summed E-state index contributed by atoms with van der Waals surface area (Å²) in [6, 6.07) is 4.77. The highest BCUT2D eigenvalue weighted by Gasteiger charge is 2.14. The van der Waals surface area contributed by atoms with Gasteiger partial charge in [-0.05, 0) is 37.3 Å². The van der Waals surface area contributed by atoms with Crippen LogP contribution in [0.25, 0.3) is 0 Å². The number of benzene rings is 1. The van der Waals surface area contributed by atoms with E-state index in [0.29, 0.717) is 11.3 Å². The van der Waals surface area contributed by atoms with Gasteiger partial charge in [0.05, 0.1) is 5.69 Å². The molecule has 92 valence electrons. The Morgan fingerprint density at radius 2 is 2.18 bits per heavy atom. The van der Waals surface area contributed by atoms with Crippen molar-refractivity contribution in [3.63, 3.8) is 0 Å². The number of thioether (sulfide) groups is 1. The van der Waals surface area contributed by atoms with Gasteiger partial charge in [-0.15, -0.1) is 0 Å². The van der Waals surface area contributed by atoms with Crippen LogP contribution in [0.5, 0.6) is 0 Å². The van der Waals surface area contributed by atoms with Crippen molar-refractivity contribution in [3.8, 4) is 0 Å². The maximum absolute atomic E-state index is 13.9. The molecule has 0 atom stereocenters. The number of Topliss-reactive ketones (excluding diaryl/α,β-unsaturated/α-hetero) is 1. The summed E-state index contributed by atoms with van der Waals surface area (Å²) in [4.78, 5) is 13.2. The molecular weight excluding hydrogens is 237 g/mol. The molecule has 0 radical (unpaired) electrons. The molecule has 1 fully saturated rings. The maximum atomic E-state index is 13.9. The second-order valence-electron chi connectivity index (χ2n) is 4.18. The molecule has 0 spiro atoms. The summed E-state index contributed by atoms with van der Waals surface area (Å²) in [6.45, 7) is 3.22. The molecular formula is C13H16FNOS. The molecule has 2 rings (SSSR count). The van der Waals surface area contributed by atoms with Crippen LogP contribution >= 0.6 is 11.8 Å². The topological polar surface area (TPSA) is 20.3 Å². The lowest BCUT2D eigenvalue weighted by molar-refractivity contribution is 0.101. The van der Waals surface area contributed by atoms with Crippen molar-refractivity contribution in [2.24, 2.45) is 0 Å². The first-order chi connectivity index (χ1) is 8.18. The smallest absolute Gasteiger partial charge is 0.159 e. The van der Waals surface area contributed by atoms with Crippen LogP contribution in [-0.4, -0.2) is 30.4 Å². The van der Waals surface area contributed by atoms with Crippen molar-refractivity contribution in [1.29, 1.82) is 0 Å². The fourth-order valence-corrected chi connectivity index (χ4v) is 2.86. The second kappa shape index (κ2) is 5.54. The molecule has 1 aromatic carbocycles. The molecule has 2 nitrogen and oxygen atoms in total. The number of rotatable bonds is 2. The van der Waals surface area contributed by atoms with Crippen LogP contribution in [0.3, 0.4) is 0 Å². The molecule has 0 unspecified atom stereocenters. The Bertz CT molecular complexity index is 414. The molecule has 4 heteroatoms. The van der Waals surface area contributed by atoms with E-state index in [1.54, 1.807) is 12.1 Å². The standard InChI is InChI=1S/C13H16FNOS/c1-10(16)11-3-4-13(12(14)9-11)15-5-2-7-17-8-6-15/h3-4,9H,2,5-8H2,1H3. The molecule has 1 aliphatic rings. The summed E-state index contributed by atoms with van der Waals surface area (Å²) in [5.74, 6) is 1.80. The average Bonchev–Trinajstić information content (AvgIpc) is 2.57. The molecule has 1 heterocycles. The van der Waals surface area contributed by atoms with Gasteiger partial charge in [0.2, 0.25) is 0 Å². The highest BCUT2D eigenvalue weighted by Crippen LogP contribution is 2.23. The van der Waals surface area contributed by atoms with Crippen LogP contribution in [-0.2, 0) is 0 Å². The van der Waals surface area contributed by atoms with Crippen molar-refractivity contribution < 1.29 is 9.18 Å². The van der Waals surface area contributed by atoms with Crippen molar-refractivity contribution >= 4 is 23.2 Å². The van der Waals surface area contributed by atoms with Crippen molar-refractivity contribution in [2.75, 3.05) is 29.5 Å². The SMILES string of the molecule is CC(=O)c1ccc(N2CCCSCC2)c(F)c1. The highest BCUT2D eigenvalue weighted by molar-refractivity contribution is 7.99. The Hall–Kier alpha value is -1.03. The van der Waals surface area contributed by atoms with Gasteiger partial charge in [0.15, 0.2) is 5.78 Å². The summed E-state index contributed by atoms with van der Waals surface area (Å²) in [6.07, 6.45) is 1.08. The molecule has 1 aromatic rings. The summed E-state index contributed by atoms with van der Waals surface area (Å²) in [5.41, 5.74) is 1.06. The van der Waals surface area contributed by atoms with E-state index in [9.17, 15) is 9.18 Å². The van der Waals surface area contributed by atoms with Crippen LogP contribution in [0, 0.1) is 5.82 Å². The van der Waals surface area contributed by atoms with E-state index in [4.69, 9.17) is 0 Å². The molecule has 17 heavy (non-hydrogen) atoms. The largest absolute Gasteiger partial charge is 0.368 e. The predicted molar refractivity (Wildman–Crippen MR) is 70.6 cm³/mol. The van der Waals surface area contributed by atoms with Crippen molar-refractivity contribution in [3.05, 3.63) is 29.6 Å². The van der Waals surface area contributed by atoms with Gasteiger partial charge in [-0.1, -0.05) is 0 Å². The zero-order valence-corrected chi connectivity index (χ0v) is 10.7. The van der Waals surface area contributed by atoms with Crippen LogP contribution in [0.1, 0.15) is 23.7 Å². The molecule has 0 bridgehead atoms. The number of hydrogen-bond donors (Lipinski definition) is 0. The number of anilines is 1. The Morgan fingerprint density at radius 1 is 1.35 bits per heavy atom. The Kier molecular flexibility index (Phi) is 4.05. The third-order valence-corrected chi connectivity index (χ3v) is 3.97. The number of carbonyl (C=O) groups is 1. The number of hydrogen-bond acceptors (Lipinski definition) is 3. The first-order valence-corrected chi connectivity index (χ1v) is 6.97. The average molecular weight is 253 g/mol. The van der Waals surface area contributed by atoms with E-state index in [1.165, 1.54) is 13.0 Å². The van der Waals surface area contributed by atoms with E-state index in [1.807, 2.05) is 11.8 Å². The summed E-state index contributed by atoms with van der Waals surface area (Å²) >= 11 is 1.91. The third kappa shape index (κ3) is 3.00. The van der Waals surface area contributed by atoms with Gasteiger partial charge in [0, 0.05) is 24.4 Å². The summed E-state index contributed by atoms with van der Waals surface area (Å²) in [7, 11) is 0. The van der Waals surface area contributed by atoms with Crippen LogP contribution in [0.15, 0.2) is 18.2 Å². The van der Waals surface area contributed by atoms with Gasteiger partial charge >= 0.3 is 0 Å². The van der Waals surface area contributed by atoms with E-state index in [0.717, 1.165) is 31.0 Å². The minimum absolute atomic E-state index is 0.0955. The number of halogens is 1. The summed E-state index contributed by atoms with van der Waals surface area (Å²) < 4.78 is 13.9. The van der Waals surface area contributed by atoms with Crippen molar-refractivity contribution in [1.82, 2.24) is 0 Å². The fourth-order valence-electron chi connectivity index (χ4n) is 1.97. The lowest BCUT2D eigenvalue weighted by atomic mass is 10.1. The molecule has 0 saturated carbocycles. The van der Waals surface area contributed by atoms with E-state index in [-0.39, 0.29) is 11.6 Å². The normalized spacial score (nSPS) is 16.7. The van der Waals surface area contributed by atoms with Crippen LogP contribution < -0.4 is 4.90 Å². The van der Waals surface area contributed by atoms with Gasteiger partial charge in [0.25, 0.3) is 0 Å². The first-order valence-electron chi connectivity index (χ1n) is 5.81. The van der Waals surface area contributed by atoms with E-state index < -0.39 is 0 Å². The number of carbonyl (C=O) groups excluding carboxylic acids is 1. The van der Waals surface area contributed by atoms with Crippen LogP contribution in [0.4, 0.5) is 10.1 Å². The lowest BCUT2D eigenvalue weighted by Crippen LogP contribution is -2.26. The fraction of sp³-hybridized carbons (Fsp3) is 0.462. The van der Waals surface area contributed by atoms with Gasteiger partial charge in [-0.25, -0.2) is 4.39 Å². The van der Waals surface area contributed by atoms with Gasteiger partial charge < -0.3 is 4.90 Å². The van der Waals surface area contributed by atoms with Gasteiger partial charge in [-0.2, -0.15) is 11.8 Å². The zero-order chi connectivity index (χ0) is 12.3. The van der Waals surface area contributed by atoms with Gasteiger partial charge in [-0.3, -0.25) is 4.79 Å². The van der Waals surface area contributed by atoms with Crippen LogP contribution in [0.2, 0.25) is 0 Å². The minimum atomic E-state index is -0.287. The molecule has 0 N–H and O–H groups in total. The predicted octanol–water partition coefficient (Wildman–Crippen LogP) is 2.97. The van der Waals surface area contributed by atoms with E-state index in [2.05, 4.69) is 4.90 Å². The molecule has 0 aliphatic carbocycles. The molecule has 1 saturated heterocycles. The molecule has 0 aromatic heterocycles. The lowest BCUT2D eigenvalue weighted by Gasteiger charge is -2.23. The Morgan fingerprint density at radius 3 is 2.88 bits per heavy atom. The number of nitrogens with zero attached hydrogens (tertiary/aromatic N) is 1. The summed E-state index contributed by atoms with van der Waals surface area (Å²) in [5, 5.41) is 0. The zero-order valence-electron chi connectivity index (χ0n) is 9.91. The third-order valence-electron chi connectivity index (χ3n) is 2.92. The quantitative estimate of drug-likeness (QED) is 0.756. The maximum Gasteiger partial charge on any atom is 0.159 e. The molecule has 0 amide bonds. The minimum Gasteiger partial charge on any atom is -0.368 e. The second-order valence-corrected chi connectivity index (χ2v) is 5.40. The van der Waals surface area contributed by atoms with Crippen molar-refractivity contribution in [2.45, 2.75) is 13.3 Å².